The summed E-state index contributed by atoms with van der Waals surface area (Å²) >= 11 is 0.0649. The number of hydrogen-bond donors (Lipinski definition) is 3. The van der Waals surface area contributed by atoms with Crippen LogP contribution in [0.15, 0.2) is 123 Å². The SMILES string of the molecule is CCC(C)(C)C(=O)NC(CSc1c(F)c(F)c(S(=O)(=O)[N-]S(=O)(=O)c2ccccc2C2=C3C=CC([NH2+]c4c(C(C)C)cccc4C(C)C)C=C3Oc3cc(Nc4c(C(C)C)cccc4C(C)C)ccc32)c(F)c1F)OC=O. The Bertz CT molecular complexity index is 3370. The first-order chi connectivity index (χ1) is 36.2. The van der Waals surface area contributed by atoms with Gasteiger partial charge in [-0.3, -0.25) is 9.59 Å². The van der Waals surface area contributed by atoms with Crippen LogP contribution in [-0.2, 0) is 34.4 Å². The number of thioether (sulfide) groups is 1. The molecule has 7 rings (SSSR count). The second-order valence-corrected chi connectivity index (χ2v) is 25.2. The molecule has 1 aliphatic carbocycles. The Labute approximate surface area is 453 Å². The summed E-state index contributed by atoms with van der Waals surface area (Å²) in [6.07, 6.45) is 4.45. The molecule has 0 spiro atoms. The molecule has 5 aromatic rings. The van der Waals surface area contributed by atoms with Gasteiger partial charge in [0.2, 0.25) is 5.91 Å². The molecule has 2 unspecified atom stereocenters. The van der Waals surface area contributed by atoms with E-state index in [0.717, 1.165) is 39.7 Å². The number of fused-ring (bicyclic) bond motifs is 2. The summed E-state index contributed by atoms with van der Waals surface area (Å²) in [7, 11) is -11.7. The number of halogens is 4. The van der Waals surface area contributed by atoms with E-state index in [1.807, 2.05) is 24.3 Å². The van der Waals surface area contributed by atoms with Gasteiger partial charge in [0.1, 0.15) is 48.2 Å². The van der Waals surface area contributed by atoms with Gasteiger partial charge in [-0.1, -0.05) is 131 Å². The van der Waals surface area contributed by atoms with Gasteiger partial charge in [-0.2, -0.15) is 0 Å². The van der Waals surface area contributed by atoms with E-state index in [1.54, 1.807) is 45.0 Å². The first kappa shape index (κ1) is 58.4. The lowest BCUT2D eigenvalue weighted by atomic mass is 9.86. The van der Waals surface area contributed by atoms with Crippen LogP contribution in [0.5, 0.6) is 5.75 Å². The number of nitrogens with zero attached hydrogens (tertiary/aromatic N) is 1. The van der Waals surface area contributed by atoms with Crippen molar-refractivity contribution in [2.24, 2.45) is 5.41 Å². The summed E-state index contributed by atoms with van der Waals surface area (Å²) < 4.78 is 135. The monoisotopic (exact) mass is 1120 g/mol. The first-order valence-electron chi connectivity index (χ1n) is 25.3. The van der Waals surface area contributed by atoms with Crippen molar-refractivity contribution in [3.8, 4) is 5.75 Å². The van der Waals surface area contributed by atoms with Crippen molar-refractivity contribution >= 4 is 66.8 Å². The fourth-order valence-electron chi connectivity index (χ4n) is 9.18. The molecule has 2 aliphatic rings. The number of ether oxygens (including phenoxy) is 2. The average molecular weight is 1120 g/mol. The van der Waals surface area contributed by atoms with Gasteiger partial charge in [0.05, 0.1) is 15.5 Å². The first-order valence-corrected chi connectivity index (χ1v) is 29.2. The zero-order chi connectivity index (χ0) is 56.5. The number of quaternary nitrogens is 1. The summed E-state index contributed by atoms with van der Waals surface area (Å²) in [5.41, 5.74) is 7.21. The normalized spacial score (nSPS) is 15.1. The van der Waals surface area contributed by atoms with E-state index < -0.39 is 81.3 Å². The summed E-state index contributed by atoms with van der Waals surface area (Å²) in [6, 6.07) is 22.7. The average Bonchev–Trinajstić information content (AvgIpc) is 3.38. The van der Waals surface area contributed by atoms with Crippen LogP contribution in [0.1, 0.15) is 140 Å². The van der Waals surface area contributed by atoms with E-state index in [9.17, 15) is 26.4 Å². The molecule has 0 fully saturated rings. The molecule has 77 heavy (non-hydrogen) atoms. The highest BCUT2D eigenvalue weighted by Gasteiger charge is 2.36. The van der Waals surface area contributed by atoms with Gasteiger partial charge in [0.25, 0.3) is 6.47 Å². The van der Waals surface area contributed by atoms with Crippen LogP contribution in [0.2, 0.25) is 0 Å². The molecule has 2 atom stereocenters. The standard InChI is InChI=1S/C58H63F4N4O8S3/c1-12-58(10,11)57(68)65-47(73-30-67)29-75-55-49(59)51(61)56(52(62)50(55)60)77(71,72)66-76(69,70)46-22-14-13-17-43(46)48-41-25-23-35(63-53-37(31(2)3)18-15-19-38(53)32(4)5)27-44(41)74-45-28-36(24-26-42(45)48)64-54-39(33(6)7)20-16-21-40(54)34(8)9/h13-28,30-35,47,63-64H,12,29H2,1-11H3,(H,65,68)/q-1/p+1. The number of para-hydroxylation sites is 2. The Morgan fingerprint density at radius 1 is 0.779 bits per heavy atom. The molecular formula is C58H64F4N4O8S3. The lowest BCUT2D eigenvalue weighted by molar-refractivity contribution is -0.589. The Morgan fingerprint density at radius 2 is 1.35 bits per heavy atom. The van der Waals surface area contributed by atoms with Gasteiger partial charge in [0.15, 0.2) is 29.5 Å². The van der Waals surface area contributed by atoms with Gasteiger partial charge < -0.3 is 29.6 Å². The molecule has 0 saturated carbocycles. The number of nitrogens with one attached hydrogen (secondary N) is 2. The molecule has 1 aliphatic heterocycles. The van der Waals surface area contributed by atoms with Gasteiger partial charge in [-0.05, 0) is 71.6 Å². The number of carbonyl (C=O) groups is 2. The van der Waals surface area contributed by atoms with E-state index in [4.69, 9.17) is 9.47 Å². The number of amides is 1. The highest BCUT2D eigenvalue weighted by atomic mass is 32.3. The fraction of sp³-hybridized carbons (Fsp3) is 0.345. The zero-order valence-electron chi connectivity index (χ0n) is 44.7. The van der Waals surface area contributed by atoms with Crippen LogP contribution in [0, 0.1) is 28.7 Å². The summed E-state index contributed by atoms with van der Waals surface area (Å²) in [5.74, 6) is -9.22. The summed E-state index contributed by atoms with van der Waals surface area (Å²) in [5, 5.41) is 8.15. The second-order valence-electron chi connectivity index (χ2n) is 20.8. The Hall–Kier alpha value is -6.25. The maximum absolute atomic E-state index is 15.9. The number of nitrogens with two attached hydrogens (primary N) is 1. The number of benzene rings is 5. The Kier molecular flexibility index (Phi) is 17.7. The van der Waals surface area contributed by atoms with E-state index in [0.29, 0.717) is 34.8 Å². The van der Waals surface area contributed by atoms with Crippen LogP contribution < -0.4 is 20.7 Å². The number of anilines is 2. The summed E-state index contributed by atoms with van der Waals surface area (Å²) in [4.78, 5) is 19.6. The van der Waals surface area contributed by atoms with Gasteiger partial charge in [-0.25, -0.2) is 34.4 Å². The molecule has 4 N–H and O–H groups in total. The molecule has 0 radical (unpaired) electrons. The molecule has 5 aromatic carbocycles. The van der Waals surface area contributed by atoms with Crippen LogP contribution in [0.4, 0.5) is 34.6 Å². The second kappa shape index (κ2) is 23.4. The Balaban J connectivity index is 1.31. The van der Waals surface area contributed by atoms with E-state index in [1.165, 1.54) is 18.2 Å². The lowest BCUT2D eigenvalue weighted by Crippen LogP contribution is -2.84. The van der Waals surface area contributed by atoms with Crippen molar-refractivity contribution in [2.45, 2.75) is 133 Å². The largest absolute Gasteiger partial charge is 0.456 e. The number of sulfonamides is 2. The van der Waals surface area contributed by atoms with Crippen molar-refractivity contribution in [3.05, 3.63) is 169 Å². The third-order valence-corrected chi connectivity index (χ3v) is 18.2. The van der Waals surface area contributed by atoms with Crippen LogP contribution in [0.3, 0.4) is 0 Å². The van der Waals surface area contributed by atoms with Gasteiger partial charge in [0, 0.05) is 62.3 Å². The minimum Gasteiger partial charge on any atom is -0.456 e. The third-order valence-electron chi connectivity index (χ3n) is 13.7. The minimum atomic E-state index is -6.12. The smallest absolute Gasteiger partial charge is 0.295 e. The van der Waals surface area contributed by atoms with Crippen molar-refractivity contribution in [1.82, 2.24) is 5.32 Å². The maximum Gasteiger partial charge on any atom is 0.295 e. The molecule has 0 saturated heterocycles. The minimum absolute atomic E-state index is 0.0525. The van der Waals surface area contributed by atoms with Crippen LogP contribution in [0.25, 0.3) is 9.70 Å². The van der Waals surface area contributed by atoms with Crippen LogP contribution in [-0.4, -0.2) is 47.2 Å². The lowest BCUT2D eigenvalue weighted by Gasteiger charge is -2.30. The highest BCUT2D eigenvalue weighted by molar-refractivity contribution is 8.12. The highest BCUT2D eigenvalue weighted by Crippen LogP contribution is 2.48. The predicted octanol–water partition coefficient (Wildman–Crippen LogP) is 13.0. The molecular weight excluding hydrogens is 1050 g/mol. The quantitative estimate of drug-likeness (QED) is 0.0160. The van der Waals surface area contributed by atoms with Crippen LogP contribution >= 0.6 is 11.8 Å². The Morgan fingerprint density at radius 3 is 1.91 bits per heavy atom. The van der Waals surface area contributed by atoms with Crippen molar-refractivity contribution < 1.29 is 58.8 Å². The molecule has 0 bridgehead atoms. The number of carbonyl (C=O) groups excluding carboxylic acids is 2. The topological polar surface area (TPSA) is 176 Å². The van der Waals surface area contributed by atoms with Crippen molar-refractivity contribution in [2.75, 3.05) is 11.1 Å². The van der Waals surface area contributed by atoms with E-state index in [2.05, 4.69) is 99.7 Å². The van der Waals surface area contributed by atoms with Gasteiger partial charge in [-0.15, -0.1) is 11.8 Å². The number of hydrogen-bond acceptors (Lipinski definition) is 10. The molecule has 1 amide bonds. The van der Waals surface area contributed by atoms with Crippen molar-refractivity contribution in [1.29, 1.82) is 0 Å². The summed E-state index contributed by atoms with van der Waals surface area (Å²) in [6.45, 7) is 21.7. The molecule has 19 heteroatoms. The van der Waals surface area contributed by atoms with Gasteiger partial charge >= 0.3 is 0 Å². The maximum atomic E-state index is 15.9. The predicted molar refractivity (Wildman–Crippen MR) is 293 cm³/mol. The fourth-order valence-corrected chi connectivity index (χ4v) is 13.1. The molecule has 12 nitrogen and oxygen atoms in total. The molecule has 410 valence electrons. The third kappa shape index (κ3) is 12.2. The molecule has 0 aromatic heterocycles. The van der Waals surface area contributed by atoms with Crippen molar-refractivity contribution in [3.63, 3.8) is 0 Å². The van der Waals surface area contributed by atoms with E-state index >= 15 is 17.6 Å². The van der Waals surface area contributed by atoms with E-state index in [-0.39, 0.29) is 59.1 Å². The molecule has 1 heterocycles. The number of allylic oxidation sites excluding steroid dienone is 1. The zero-order valence-corrected chi connectivity index (χ0v) is 47.2. The number of rotatable bonds is 21.